The number of aromatic nitrogens is 1. The number of rotatable bonds is 2. The maximum absolute atomic E-state index is 9.09. The number of hydrogen-bond acceptors (Lipinski definition) is 3. The molecule has 3 heteroatoms. The van der Waals surface area contributed by atoms with E-state index in [2.05, 4.69) is 29.8 Å². The Morgan fingerprint density at radius 3 is 3.06 bits per heavy atom. The molecule has 0 aliphatic carbocycles. The largest absolute Gasteiger partial charge is 0.352 e. The molecule has 2 rings (SSSR count). The first-order chi connectivity index (χ1) is 7.74. The molecular weight excluding hydrogens is 198 g/mol. The second-order valence-electron chi connectivity index (χ2n) is 4.63. The molecule has 16 heavy (non-hydrogen) atoms. The van der Waals surface area contributed by atoms with Crippen LogP contribution in [0.25, 0.3) is 0 Å². The minimum Gasteiger partial charge on any atom is -0.352 e. The zero-order valence-electron chi connectivity index (χ0n) is 9.85. The fourth-order valence-electron chi connectivity index (χ4n) is 2.46. The molecule has 1 saturated heterocycles. The third-order valence-corrected chi connectivity index (χ3v) is 3.25. The Hall–Kier alpha value is -1.56. The molecule has 1 fully saturated rings. The number of hydrogen-bond donors (Lipinski definition) is 0. The molecule has 0 aromatic carbocycles. The Kier molecular flexibility index (Phi) is 3.09. The van der Waals surface area contributed by atoms with Crippen molar-refractivity contribution >= 4 is 5.82 Å². The summed E-state index contributed by atoms with van der Waals surface area (Å²) in [7, 11) is 0. The van der Waals surface area contributed by atoms with E-state index in [1.54, 1.807) is 6.20 Å². The zero-order valence-corrected chi connectivity index (χ0v) is 9.85. The average Bonchev–Trinajstić information content (AvgIpc) is 2.77. The molecular formula is C13H17N3. The monoisotopic (exact) mass is 215 g/mol. The third kappa shape index (κ3) is 1.88. The molecule has 1 aromatic heterocycles. The van der Waals surface area contributed by atoms with Crippen LogP contribution in [-0.2, 0) is 0 Å². The van der Waals surface area contributed by atoms with Crippen molar-refractivity contribution in [3.8, 4) is 6.07 Å². The van der Waals surface area contributed by atoms with E-state index in [0.717, 1.165) is 12.4 Å². The average molecular weight is 215 g/mol. The molecule has 1 aromatic rings. The van der Waals surface area contributed by atoms with E-state index < -0.39 is 0 Å². The standard InChI is InChI=1S/C13H17N3/c1-10(2)12-6-4-8-16(12)13-11(9-14)5-3-7-15-13/h3,5,7,10,12H,4,6,8H2,1-2H3. The first-order valence-corrected chi connectivity index (χ1v) is 5.86. The molecule has 0 bridgehead atoms. The van der Waals surface area contributed by atoms with E-state index in [1.807, 2.05) is 12.1 Å². The van der Waals surface area contributed by atoms with Gasteiger partial charge in [0.15, 0.2) is 0 Å². The summed E-state index contributed by atoms with van der Waals surface area (Å²) in [6.07, 6.45) is 4.18. The van der Waals surface area contributed by atoms with Gasteiger partial charge in [0, 0.05) is 18.8 Å². The number of anilines is 1. The van der Waals surface area contributed by atoms with Gasteiger partial charge in [-0.05, 0) is 30.9 Å². The predicted octanol–water partition coefficient (Wildman–Crippen LogP) is 2.58. The van der Waals surface area contributed by atoms with Crippen LogP contribution in [0.15, 0.2) is 18.3 Å². The van der Waals surface area contributed by atoms with E-state index in [-0.39, 0.29) is 0 Å². The molecule has 1 atom stereocenters. The van der Waals surface area contributed by atoms with Crippen molar-refractivity contribution in [2.45, 2.75) is 32.7 Å². The fourth-order valence-corrected chi connectivity index (χ4v) is 2.46. The Labute approximate surface area is 96.7 Å². The first-order valence-electron chi connectivity index (χ1n) is 5.86. The van der Waals surface area contributed by atoms with Gasteiger partial charge >= 0.3 is 0 Å². The van der Waals surface area contributed by atoms with E-state index in [0.29, 0.717) is 17.5 Å². The lowest BCUT2D eigenvalue weighted by atomic mass is 10.0. The highest BCUT2D eigenvalue weighted by Gasteiger charge is 2.29. The highest BCUT2D eigenvalue weighted by molar-refractivity contribution is 5.54. The van der Waals surface area contributed by atoms with Crippen molar-refractivity contribution in [3.63, 3.8) is 0 Å². The van der Waals surface area contributed by atoms with Crippen LogP contribution in [0.1, 0.15) is 32.3 Å². The minimum absolute atomic E-state index is 0.530. The lowest BCUT2D eigenvalue weighted by molar-refractivity contribution is 0.489. The van der Waals surface area contributed by atoms with Gasteiger partial charge in [0.2, 0.25) is 0 Å². The van der Waals surface area contributed by atoms with Crippen molar-refractivity contribution in [1.29, 1.82) is 5.26 Å². The lowest BCUT2D eigenvalue weighted by Gasteiger charge is -2.29. The van der Waals surface area contributed by atoms with Crippen LogP contribution in [0.3, 0.4) is 0 Å². The van der Waals surface area contributed by atoms with Crippen molar-refractivity contribution < 1.29 is 0 Å². The van der Waals surface area contributed by atoms with Crippen LogP contribution in [-0.4, -0.2) is 17.6 Å². The molecule has 0 saturated carbocycles. The summed E-state index contributed by atoms with van der Waals surface area (Å²) < 4.78 is 0. The van der Waals surface area contributed by atoms with Crippen molar-refractivity contribution in [1.82, 2.24) is 4.98 Å². The maximum Gasteiger partial charge on any atom is 0.146 e. The normalized spacial score (nSPS) is 20.1. The van der Waals surface area contributed by atoms with E-state index >= 15 is 0 Å². The Balaban J connectivity index is 2.33. The fraction of sp³-hybridized carbons (Fsp3) is 0.538. The second-order valence-corrected chi connectivity index (χ2v) is 4.63. The van der Waals surface area contributed by atoms with Crippen molar-refractivity contribution in [2.24, 2.45) is 5.92 Å². The summed E-state index contributed by atoms with van der Waals surface area (Å²) in [5, 5.41) is 9.09. The zero-order chi connectivity index (χ0) is 11.5. The summed E-state index contributed by atoms with van der Waals surface area (Å²) in [4.78, 5) is 6.66. The van der Waals surface area contributed by atoms with Crippen LogP contribution in [0.2, 0.25) is 0 Å². The molecule has 0 N–H and O–H groups in total. The highest BCUT2D eigenvalue weighted by Crippen LogP contribution is 2.29. The van der Waals surface area contributed by atoms with Crippen molar-refractivity contribution in [3.05, 3.63) is 23.9 Å². The molecule has 84 valence electrons. The SMILES string of the molecule is CC(C)C1CCCN1c1ncccc1C#N. The number of nitriles is 1. The maximum atomic E-state index is 9.09. The molecule has 2 heterocycles. The van der Waals surface area contributed by atoms with Crippen LogP contribution < -0.4 is 4.90 Å². The summed E-state index contributed by atoms with van der Waals surface area (Å²) >= 11 is 0. The molecule has 0 spiro atoms. The lowest BCUT2D eigenvalue weighted by Crippen LogP contribution is -2.34. The van der Waals surface area contributed by atoms with Crippen molar-refractivity contribution in [2.75, 3.05) is 11.4 Å². The second kappa shape index (κ2) is 4.52. The smallest absolute Gasteiger partial charge is 0.146 e. The van der Waals surface area contributed by atoms with Gasteiger partial charge in [0.05, 0.1) is 5.56 Å². The van der Waals surface area contributed by atoms with Gasteiger partial charge in [0.1, 0.15) is 11.9 Å². The quantitative estimate of drug-likeness (QED) is 0.761. The number of nitrogens with zero attached hydrogens (tertiary/aromatic N) is 3. The molecule has 0 amide bonds. The van der Waals surface area contributed by atoms with Crippen LogP contribution in [0.4, 0.5) is 5.82 Å². The topological polar surface area (TPSA) is 39.9 Å². The van der Waals surface area contributed by atoms with Gasteiger partial charge < -0.3 is 4.90 Å². The molecule has 3 nitrogen and oxygen atoms in total. The van der Waals surface area contributed by atoms with E-state index in [1.165, 1.54) is 12.8 Å². The van der Waals surface area contributed by atoms with Crippen LogP contribution >= 0.6 is 0 Å². The summed E-state index contributed by atoms with van der Waals surface area (Å²) in [6, 6.07) is 6.42. The van der Waals surface area contributed by atoms with Crippen LogP contribution in [0.5, 0.6) is 0 Å². The van der Waals surface area contributed by atoms with Gasteiger partial charge in [-0.25, -0.2) is 4.98 Å². The van der Waals surface area contributed by atoms with Crippen LogP contribution in [0, 0.1) is 17.2 Å². The van der Waals surface area contributed by atoms with E-state index in [9.17, 15) is 0 Å². The van der Waals surface area contributed by atoms with Gasteiger partial charge in [-0.15, -0.1) is 0 Å². The number of pyridine rings is 1. The Bertz CT molecular complexity index is 406. The molecule has 1 unspecified atom stereocenters. The molecule has 0 radical (unpaired) electrons. The van der Waals surface area contributed by atoms with Gasteiger partial charge in [-0.3, -0.25) is 0 Å². The molecule has 1 aliphatic rings. The summed E-state index contributed by atoms with van der Waals surface area (Å²) in [5.74, 6) is 1.47. The van der Waals surface area contributed by atoms with Gasteiger partial charge in [-0.1, -0.05) is 13.8 Å². The minimum atomic E-state index is 0.530. The van der Waals surface area contributed by atoms with E-state index in [4.69, 9.17) is 5.26 Å². The highest BCUT2D eigenvalue weighted by atomic mass is 15.2. The Morgan fingerprint density at radius 1 is 1.56 bits per heavy atom. The summed E-state index contributed by atoms with van der Waals surface area (Å²) in [6.45, 7) is 5.49. The summed E-state index contributed by atoms with van der Waals surface area (Å²) in [5.41, 5.74) is 0.690. The third-order valence-electron chi connectivity index (χ3n) is 3.25. The predicted molar refractivity (Wildman–Crippen MR) is 64.2 cm³/mol. The van der Waals surface area contributed by atoms with Gasteiger partial charge in [-0.2, -0.15) is 5.26 Å². The Morgan fingerprint density at radius 2 is 2.38 bits per heavy atom. The van der Waals surface area contributed by atoms with Gasteiger partial charge in [0.25, 0.3) is 0 Å². The first kappa shape index (κ1) is 10.9. The molecule has 1 aliphatic heterocycles.